The second kappa shape index (κ2) is 6.63. The Morgan fingerprint density at radius 2 is 2.26 bits per heavy atom. The number of aromatic nitrogens is 2. The van der Waals surface area contributed by atoms with E-state index >= 15 is 0 Å². The summed E-state index contributed by atoms with van der Waals surface area (Å²) in [7, 11) is 3.59. The van der Waals surface area contributed by atoms with E-state index in [1.54, 1.807) is 19.0 Å². The fraction of sp³-hybridized carbons (Fsp3) is 0.750. The van der Waals surface area contributed by atoms with Gasteiger partial charge in [0.15, 0.2) is 5.82 Å². The van der Waals surface area contributed by atoms with Gasteiger partial charge < -0.3 is 14.7 Å². The van der Waals surface area contributed by atoms with Gasteiger partial charge in [-0.2, -0.15) is 4.98 Å². The summed E-state index contributed by atoms with van der Waals surface area (Å²) in [5.74, 6) is 0.850. The van der Waals surface area contributed by atoms with Crippen LogP contribution in [0.3, 0.4) is 0 Å². The maximum Gasteiger partial charge on any atom is 0.236 e. The maximum absolute atomic E-state index is 11.6. The highest BCUT2D eigenvalue weighted by Gasteiger charge is 2.21. The van der Waals surface area contributed by atoms with Crippen LogP contribution in [0, 0.1) is 0 Å². The molecule has 1 aromatic heterocycles. The molecule has 7 nitrogen and oxygen atoms in total. The van der Waals surface area contributed by atoms with Crippen LogP contribution in [-0.2, 0) is 11.3 Å². The molecule has 0 radical (unpaired) electrons. The van der Waals surface area contributed by atoms with Crippen molar-refractivity contribution in [2.24, 2.45) is 0 Å². The van der Waals surface area contributed by atoms with Gasteiger partial charge in [0.2, 0.25) is 12.3 Å². The summed E-state index contributed by atoms with van der Waals surface area (Å²) in [6, 6.07) is 0.462. The molecule has 0 aliphatic carbocycles. The average molecular weight is 267 g/mol. The molecule has 106 valence electrons. The fourth-order valence-corrected chi connectivity index (χ4v) is 2.13. The zero-order chi connectivity index (χ0) is 13.7. The number of nitrogens with one attached hydrogen (secondary N) is 1. The van der Waals surface area contributed by atoms with E-state index in [1.165, 1.54) is 6.39 Å². The van der Waals surface area contributed by atoms with Crippen LogP contribution in [0.1, 0.15) is 18.7 Å². The van der Waals surface area contributed by atoms with Crippen LogP contribution in [-0.4, -0.2) is 65.6 Å². The van der Waals surface area contributed by atoms with E-state index in [9.17, 15) is 4.79 Å². The highest BCUT2D eigenvalue weighted by atomic mass is 16.5. The number of likely N-dealkylation sites (tertiary alicyclic amines) is 1. The first kappa shape index (κ1) is 14.0. The van der Waals surface area contributed by atoms with Crippen LogP contribution in [0.15, 0.2) is 10.9 Å². The van der Waals surface area contributed by atoms with Gasteiger partial charge in [-0.05, 0) is 12.8 Å². The van der Waals surface area contributed by atoms with Gasteiger partial charge in [-0.3, -0.25) is 9.69 Å². The Kier molecular flexibility index (Phi) is 4.86. The molecule has 2 heterocycles. The molecule has 1 N–H and O–H groups in total. The number of amides is 1. The first-order chi connectivity index (χ1) is 9.15. The van der Waals surface area contributed by atoms with E-state index in [1.807, 2.05) is 0 Å². The van der Waals surface area contributed by atoms with Crippen LogP contribution >= 0.6 is 0 Å². The Morgan fingerprint density at radius 3 is 2.84 bits per heavy atom. The second-order valence-electron chi connectivity index (χ2n) is 5.07. The molecule has 0 aromatic carbocycles. The Bertz CT molecular complexity index is 385. The first-order valence-electron chi connectivity index (χ1n) is 6.56. The SMILES string of the molecule is CN(C)C(=O)CN1CCC(NCc2ncon2)CC1. The van der Waals surface area contributed by atoms with Gasteiger partial charge in [-0.15, -0.1) is 0 Å². The number of carbonyl (C=O) groups excluding carboxylic acids is 1. The minimum atomic E-state index is 0.165. The molecular weight excluding hydrogens is 246 g/mol. The third kappa shape index (κ3) is 4.29. The van der Waals surface area contributed by atoms with Crippen molar-refractivity contribution >= 4 is 5.91 Å². The van der Waals surface area contributed by atoms with Gasteiger partial charge >= 0.3 is 0 Å². The third-order valence-corrected chi connectivity index (χ3v) is 3.40. The van der Waals surface area contributed by atoms with Crippen LogP contribution in [0.5, 0.6) is 0 Å². The highest BCUT2D eigenvalue weighted by molar-refractivity contribution is 5.77. The summed E-state index contributed by atoms with van der Waals surface area (Å²) in [4.78, 5) is 19.4. The molecule has 0 bridgehead atoms. The minimum Gasteiger partial charge on any atom is -0.348 e. The molecule has 0 saturated carbocycles. The summed E-state index contributed by atoms with van der Waals surface area (Å²) in [6.07, 6.45) is 3.42. The van der Waals surface area contributed by atoms with Crippen molar-refractivity contribution in [2.45, 2.75) is 25.4 Å². The van der Waals surface area contributed by atoms with Gasteiger partial charge in [0.25, 0.3) is 0 Å². The number of likely N-dealkylation sites (N-methyl/N-ethyl adjacent to an activating group) is 1. The lowest BCUT2D eigenvalue weighted by Gasteiger charge is -2.32. The Morgan fingerprint density at radius 1 is 1.53 bits per heavy atom. The molecule has 2 rings (SSSR count). The number of carbonyl (C=O) groups is 1. The van der Waals surface area contributed by atoms with Crippen molar-refractivity contribution in [3.8, 4) is 0 Å². The molecule has 1 saturated heterocycles. The highest BCUT2D eigenvalue weighted by Crippen LogP contribution is 2.10. The van der Waals surface area contributed by atoms with Crippen molar-refractivity contribution in [3.05, 3.63) is 12.2 Å². The average Bonchev–Trinajstić information content (AvgIpc) is 2.91. The van der Waals surface area contributed by atoms with E-state index < -0.39 is 0 Å². The largest absolute Gasteiger partial charge is 0.348 e. The molecule has 0 atom stereocenters. The molecular formula is C12H21N5O2. The van der Waals surface area contributed by atoms with Crippen LogP contribution in [0.4, 0.5) is 0 Å². The second-order valence-corrected chi connectivity index (χ2v) is 5.07. The zero-order valence-corrected chi connectivity index (χ0v) is 11.5. The lowest BCUT2D eigenvalue weighted by atomic mass is 10.1. The summed E-state index contributed by atoms with van der Waals surface area (Å²) in [5, 5.41) is 7.18. The Labute approximate surface area is 112 Å². The number of hydrogen-bond acceptors (Lipinski definition) is 6. The van der Waals surface area contributed by atoms with Crippen LogP contribution in [0.2, 0.25) is 0 Å². The van der Waals surface area contributed by atoms with E-state index in [0.29, 0.717) is 25.0 Å². The molecule has 19 heavy (non-hydrogen) atoms. The first-order valence-corrected chi connectivity index (χ1v) is 6.56. The van der Waals surface area contributed by atoms with Gasteiger partial charge in [-0.1, -0.05) is 5.16 Å². The monoisotopic (exact) mass is 267 g/mol. The standard InChI is InChI=1S/C12H21N5O2/c1-16(2)12(18)8-17-5-3-10(4-6-17)13-7-11-14-9-19-15-11/h9-10,13H,3-8H2,1-2H3. The fourth-order valence-electron chi connectivity index (χ4n) is 2.13. The summed E-state index contributed by atoms with van der Waals surface area (Å²) < 4.78 is 4.69. The van der Waals surface area contributed by atoms with Crippen LogP contribution in [0.25, 0.3) is 0 Å². The molecule has 7 heteroatoms. The van der Waals surface area contributed by atoms with Gasteiger partial charge in [-0.25, -0.2) is 0 Å². The molecule has 0 spiro atoms. The van der Waals surface area contributed by atoms with Crippen molar-refractivity contribution in [3.63, 3.8) is 0 Å². The number of nitrogens with zero attached hydrogens (tertiary/aromatic N) is 4. The van der Waals surface area contributed by atoms with Gasteiger partial charge in [0, 0.05) is 33.2 Å². The molecule has 0 unspecified atom stereocenters. The zero-order valence-electron chi connectivity index (χ0n) is 11.5. The number of rotatable bonds is 5. The summed E-state index contributed by atoms with van der Waals surface area (Å²) >= 11 is 0. The Balaban J connectivity index is 1.66. The lowest BCUT2D eigenvalue weighted by Crippen LogP contribution is -2.45. The molecule has 1 fully saturated rings. The molecule has 1 aromatic rings. The number of piperidine rings is 1. The van der Waals surface area contributed by atoms with E-state index in [-0.39, 0.29) is 5.91 Å². The van der Waals surface area contributed by atoms with E-state index in [2.05, 4.69) is 24.9 Å². The van der Waals surface area contributed by atoms with Crippen molar-refractivity contribution in [1.82, 2.24) is 25.3 Å². The molecule has 1 aliphatic rings. The summed E-state index contributed by atoms with van der Waals surface area (Å²) in [6.45, 7) is 3.05. The van der Waals surface area contributed by atoms with Gasteiger partial charge in [0.05, 0.1) is 13.1 Å². The number of hydrogen-bond donors (Lipinski definition) is 1. The Hall–Kier alpha value is -1.47. The van der Waals surface area contributed by atoms with Crippen LogP contribution < -0.4 is 5.32 Å². The van der Waals surface area contributed by atoms with E-state index in [4.69, 9.17) is 0 Å². The minimum absolute atomic E-state index is 0.165. The maximum atomic E-state index is 11.6. The van der Waals surface area contributed by atoms with Gasteiger partial charge in [0.1, 0.15) is 0 Å². The van der Waals surface area contributed by atoms with Crippen molar-refractivity contribution in [1.29, 1.82) is 0 Å². The third-order valence-electron chi connectivity index (χ3n) is 3.40. The predicted octanol–water partition coefficient (Wildman–Crippen LogP) is -0.288. The normalized spacial score (nSPS) is 17.6. The van der Waals surface area contributed by atoms with Crippen molar-refractivity contribution < 1.29 is 9.32 Å². The molecule has 1 amide bonds. The summed E-state index contributed by atoms with van der Waals surface area (Å²) in [5.41, 5.74) is 0. The lowest BCUT2D eigenvalue weighted by molar-refractivity contribution is -0.130. The predicted molar refractivity (Wildman–Crippen MR) is 69.3 cm³/mol. The topological polar surface area (TPSA) is 74.5 Å². The molecule has 1 aliphatic heterocycles. The van der Waals surface area contributed by atoms with E-state index in [0.717, 1.165) is 25.9 Å². The smallest absolute Gasteiger partial charge is 0.236 e. The van der Waals surface area contributed by atoms with Crippen molar-refractivity contribution in [2.75, 3.05) is 33.7 Å². The quantitative estimate of drug-likeness (QED) is 0.790.